The molecule has 3 nitrogen and oxygen atoms in total. The lowest BCUT2D eigenvalue weighted by molar-refractivity contribution is -0.119. The molecule has 22 heavy (non-hydrogen) atoms. The van der Waals surface area contributed by atoms with Crippen molar-refractivity contribution in [3.8, 4) is 0 Å². The number of hydrogen-bond acceptors (Lipinski definition) is 2. The van der Waals surface area contributed by atoms with Gasteiger partial charge in [0, 0.05) is 18.8 Å². The molecular weight excluding hydrogens is 272 g/mol. The van der Waals surface area contributed by atoms with Crippen LogP contribution in [-0.2, 0) is 17.6 Å². The van der Waals surface area contributed by atoms with Gasteiger partial charge in [-0.15, -0.1) is 0 Å². The minimum absolute atomic E-state index is 0.102. The van der Waals surface area contributed by atoms with E-state index in [0.29, 0.717) is 13.1 Å². The third-order valence-corrected chi connectivity index (χ3v) is 4.30. The second-order valence-electron chi connectivity index (χ2n) is 5.83. The van der Waals surface area contributed by atoms with Crippen LogP contribution in [0.1, 0.15) is 16.7 Å². The molecule has 1 amide bonds. The first-order valence-electron chi connectivity index (χ1n) is 7.88. The largest absolute Gasteiger partial charge is 0.362 e. The Morgan fingerprint density at radius 1 is 1.14 bits per heavy atom. The SMILES string of the molecule is Cc1ccccc1CCNC(=O)CN1CCc2ccccc21. The summed E-state index contributed by atoms with van der Waals surface area (Å²) < 4.78 is 0. The predicted molar refractivity (Wildman–Crippen MR) is 90.3 cm³/mol. The maximum Gasteiger partial charge on any atom is 0.239 e. The van der Waals surface area contributed by atoms with Crippen molar-refractivity contribution in [2.75, 3.05) is 24.5 Å². The molecule has 1 heterocycles. The molecule has 2 aromatic rings. The topological polar surface area (TPSA) is 32.3 Å². The molecule has 114 valence electrons. The van der Waals surface area contributed by atoms with Gasteiger partial charge in [0.15, 0.2) is 0 Å². The van der Waals surface area contributed by atoms with Gasteiger partial charge in [0.2, 0.25) is 5.91 Å². The first-order valence-corrected chi connectivity index (χ1v) is 7.88. The molecule has 3 heteroatoms. The van der Waals surface area contributed by atoms with Crippen LogP contribution >= 0.6 is 0 Å². The van der Waals surface area contributed by atoms with Crippen molar-refractivity contribution < 1.29 is 4.79 Å². The molecule has 1 N–H and O–H groups in total. The summed E-state index contributed by atoms with van der Waals surface area (Å²) in [5, 5.41) is 3.04. The molecule has 0 bridgehead atoms. The Morgan fingerprint density at radius 3 is 2.77 bits per heavy atom. The summed E-state index contributed by atoms with van der Waals surface area (Å²) in [4.78, 5) is 14.3. The van der Waals surface area contributed by atoms with E-state index in [9.17, 15) is 4.79 Å². The minimum Gasteiger partial charge on any atom is -0.362 e. The fraction of sp³-hybridized carbons (Fsp3) is 0.316. The van der Waals surface area contributed by atoms with E-state index in [-0.39, 0.29) is 5.91 Å². The number of rotatable bonds is 5. The minimum atomic E-state index is 0.102. The van der Waals surface area contributed by atoms with Crippen LogP contribution in [0, 0.1) is 6.92 Å². The number of hydrogen-bond donors (Lipinski definition) is 1. The number of fused-ring (bicyclic) bond motifs is 1. The summed E-state index contributed by atoms with van der Waals surface area (Å²) in [6, 6.07) is 16.7. The van der Waals surface area contributed by atoms with Gasteiger partial charge < -0.3 is 10.2 Å². The quantitative estimate of drug-likeness (QED) is 0.919. The summed E-state index contributed by atoms with van der Waals surface area (Å²) in [5.74, 6) is 0.102. The van der Waals surface area contributed by atoms with Crippen LogP contribution in [0.4, 0.5) is 5.69 Å². The Morgan fingerprint density at radius 2 is 1.91 bits per heavy atom. The van der Waals surface area contributed by atoms with E-state index < -0.39 is 0 Å². The summed E-state index contributed by atoms with van der Waals surface area (Å²) in [7, 11) is 0. The zero-order chi connectivity index (χ0) is 15.4. The number of benzene rings is 2. The molecule has 0 fully saturated rings. The van der Waals surface area contributed by atoms with Crippen LogP contribution in [0.3, 0.4) is 0 Å². The van der Waals surface area contributed by atoms with Crippen molar-refractivity contribution in [2.45, 2.75) is 19.8 Å². The fourth-order valence-corrected chi connectivity index (χ4v) is 3.03. The van der Waals surface area contributed by atoms with Crippen LogP contribution in [0.15, 0.2) is 48.5 Å². The predicted octanol–water partition coefficient (Wildman–Crippen LogP) is 2.72. The normalized spacial score (nSPS) is 13.0. The zero-order valence-corrected chi connectivity index (χ0v) is 13.0. The van der Waals surface area contributed by atoms with Crippen LogP contribution in [0.5, 0.6) is 0 Å². The van der Waals surface area contributed by atoms with Crippen molar-refractivity contribution in [3.05, 3.63) is 65.2 Å². The second-order valence-corrected chi connectivity index (χ2v) is 5.83. The first kappa shape index (κ1) is 14.6. The number of nitrogens with zero attached hydrogens (tertiary/aromatic N) is 1. The van der Waals surface area contributed by atoms with Crippen molar-refractivity contribution >= 4 is 11.6 Å². The van der Waals surface area contributed by atoms with Crippen LogP contribution < -0.4 is 10.2 Å². The highest BCUT2D eigenvalue weighted by atomic mass is 16.2. The molecule has 0 saturated heterocycles. The lowest BCUT2D eigenvalue weighted by atomic mass is 10.1. The van der Waals surface area contributed by atoms with Gasteiger partial charge in [-0.1, -0.05) is 42.5 Å². The van der Waals surface area contributed by atoms with Gasteiger partial charge in [0.1, 0.15) is 0 Å². The number of amides is 1. The highest BCUT2D eigenvalue weighted by Crippen LogP contribution is 2.26. The van der Waals surface area contributed by atoms with Crippen LogP contribution in [0.2, 0.25) is 0 Å². The third-order valence-electron chi connectivity index (χ3n) is 4.30. The average Bonchev–Trinajstić information content (AvgIpc) is 2.92. The van der Waals surface area contributed by atoms with Crippen molar-refractivity contribution in [1.29, 1.82) is 0 Å². The monoisotopic (exact) mass is 294 g/mol. The lowest BCUT2D eigenvalue weighted by Crippen LogP contribution is -2.37. The smallest absolute Gasteiger partial charge is 0.239 e. The third kappa shape index (κ3) is 3.30. The molecular formula is C19H22N2O. The van der Waals surface area contributed by atoms with Gasteiger partial charge in [-0.25, -0.2) is 0 Å². The molecule has 3 rings (SSSR count). The molecule has 2 aromatic carbocycles. The number of carbonyl (C=O) groups excluding carboxylic acids is 1. The summed E-state index contributed by atoms with van der Waals surface area (Å²) >= 11 is 0. The van der Waals surface area contributed by atoms with Gasteiger partial charge in [-0.2, -0.15) is 0 Å². The Balaban J connectivity index is 1.49. The Labute approximate surface area is 132 Å². The molecule has 0 unspecified atom stereocenters. The van der Waals surface area contributed by atoms with Crippen molar-refractivity contribution in [1.82, 2.24) is 5.32 Å². The molecule has 0 aliphatic carbocycles. The maximum absolute atomic E-state index is 12.1. The van der Waals surface area contributed by atoms with E-state index in [1.807, 2.05) is 18.2 Å². The molecule has 0 saturated carbocycles. The van der Waals surface area contributed by atoms with Gasteiger partial charge in [-0.3, -0.25) is 4.79 Å². The summed E-state index contributed by atoms with van der Waals surface area (Å²) in [6.07, 6.45) is 1.92. The fourth-order valence-electron chi connectivity index (χ4n) is 3.03. The molecule has 0 radical (unpaired) electrons. The standard InChI is InChI=1S/C19H22N2O/c1-15-6-2-3-7-16(15)10-12-20-19(22)14-21-13-11-17-8-4-5-9-18(17)21/h2-9H,10-14H2,1H3,(H,20,22). The van der Waals surface area contributed by atoms with Crippen LogP contribution in [0.25, 0.3) is 0 Å². The summed E-state index contributed by atoms with van der Waals surface area (Å²) in [5.41, 5.74) is 5.13. The molecule has 0 atom stereocenters. The number of para-hydroxylation sites is 1. The van der Waals surface area contributed by atoms with E-state index in [1.54, 1.807) is 0 Å². The van der Waals surface area contributed by atoms with E-state index in [2.05, 4.69) is 47.5 Å². The number of anilines is 1. The van der Waals surface area contributed by atoms with E-state index in [4.69, 9.17) is 0 Å². The van der Waals surface area contributed by atoms with E-state index in [1.165, 1.54) is 22.4 Å². The Hall–Kier alpha value is -2.29. The Kier molecular flexibility index (Phi) is 4.42. The Bertz CT molecular complexity index is 666. The number of nitrogens with one attached hydrogen (secondary N) is 1. The second kappa shape index (κ2) is 6.65. The maximum atomic E-state index is 12.1. The van der Waals surface area contributed by atoms with Gasteiger partial charge in [-0.05, 0) is 42.5 Å². The first-order chi connectivity index (χ1) is 10.7. The highest BCUT2D eigenvalue weighted by molar-refractivity contribution is 5.82. The zero-order valence-electron chi connectivity index (χ0n) is 13.0. The molecule has 1 aliphatic rings. The van der Waals surface area contributed by atoms with Crippen LogP contribution in [-0.4, -0.2) is 25.5 Å². The average molecular weight is 294 g/mol. The number of carbonyl (C=O) groups is 1. The van der Waals surface area contributed by atoms with Gasteiger partial charge in [0.05, 0.1) is 6.54 Å². The number of aryl methyl sites for hydroxylation is 1. The van der Waals surface area contributed by atoms with E-state index >= 15 is 0 Å². The highest BCUT2D eigenvalue weighted by Gasteiger charge is 2.20. The lowest BCUT2D eigenvalue weighted by Gasteiger charge is -2.18. The molecule has 1 aliphatic heterocycles. The molecule has 0 aromatic heterocycles. The molecule has 0 spiro atoms. The summed E-state index contributed by atoms with van der Waals surface area (Å²) in [6.45, 7) is 4.19. The van der Waals surface area contributed by atoms with Crippen molar-refractivity contribution in [2.24, 2.45) is 0 Å². The van der Waals surface area contributed by atoms with Gasteiger partial charge >= 0.3 is 0 Å². The van der Waals surface area contributed by atoms with E-state index in [0.717, 1.165) is 19.4 Å². The van der Waals surface area contributed by atoms with Gasteiger partial charge in [0.25, 0.3) is 0 Å². The van der Waals surface area contributed by atoms with Crippen molar-refractivity contribution in [3.63, 3.8) is 0 Å².